The summed E-state index contributed by atoms with van der Waals surface area (Å²) in [5, 5.41) is 0. The van der Waals surface area contributed by atoms with Gasteiger partial charge in [0.15, 0.2) is 0 Å². The number of hydrogen-bond acceptors (Lipinski definition) is 3. The van der Waals surface area contributed by atoms with E-state index in [2.05, 4.69) is 290 Å². The van der Waals surface area contributed by atoms with Crippen LogP contribution in [0.15, 0.2) is 285 Å². The monoisotopic (exact) mass is 981 g/mol. The molecule has 0 aromatic heterocycles. The van der Waals surface area contributed by atoms with Gasteiger partial charge in [-0.2, -0.15) is 0 Å². The largest absolute Gasteiger partial charge is 0.457 e. The molecule has 0 fully saturated rings. The molecule has 0 atom stereocenters. The van der Waals surface area contributed by atoms with Crippen molar-refractivity contribution >= 4 is 17.1 Å². The Labute approximate surface area is 448 Å². The van der Waals surface area contributed by atoms with Crippen molar-refractivity contribution in [3.8, 4) is 78.6 Å². The SMILES string of the molecule is c1ccc(-c2cc(-c3ccccc3)cc(-c3ccc(N(c4ccc5c(c4)-c4ccccc4C54c5ccccc5Oc5ccccc54)c4ccc5c(c4)C4(c6ccccc6Oc6ccccc64)c4ccccc4-5)cc3)c2)cc1. The summed E-state index contributed by atoms with van der Waals surface area (Å²) >= 11 is 0. The highest BCUT2D eigenvalue weighted by molar-refractivity contribution is 5.95. The van der Waals surface area contributed by atoms with Gasteiger partial charge in [0.25, 0.3) is 0 Å². The molecule has 2 spiro atoms. The lowest BCUT2D eigenvalue weighted by molar-refractivity contribution is 0.436. The van der Waals surface area contributed by atoms with E-state index in [1.807, 2.05) is 0 Å². The Kier molecular flexibility index (Phi) is 9.47. The first-order valence-corrected chi connectivity index (χ1v) is 26.6. The van der Waals surface area contributed by atoms with E-state index in [0.717, 1.165) is 73.4 Å². The number of rotatable bonds is 6. The molecule has 12 aromatic rings. The van der Waals surface area contributed by atoms with Gasteiger partial charge in [0.05, 0.1) is 10.8 Å². The predicted octanol–water partition coefficient (Wildman–Crippen LogP) is 19.1. The van der Waals surface area contributed by atoms with Crippen molar-refractivity contribution in [3.05, 3.63) is 330 Å². The molecule has 0 radical (unpaired) electrons. The topological polar surface area (TPSA) is 21.7 Å². The maximum absolute atomic E-state index is 6.77. The van der Waals surface area contributed by atoms with Gasteiger partial charge in [-0.3, -0.25) is 0 Å². The van der Waals surface area contributed by atoms with Crippen LogP contribution in [0.25, 0.3) is 55.6 Å². The molecule has 77 heavy (non-hydrogen) atoms. The summed E-state index contributed by atoms with van der Waals surface area (Å²) in [5.74, 6) is 3.52. The summed E-state index contributed by atoms with van der Waals surface area (Å²) in [5.41, 5.74) is 23.5. The van der Waals surface area contributed by atoms with Crippen LogP contribution in [0.4, 0.5) is 17.1 Å². The second-order valence-corrected chi connectivity index (χ2v) is 20.7. The van der Waals surface area contributed by atoms with Gasteiger partial charge < -0.3 is 14.4 Å². The summed E-state index contributed by atoms with van der Waals surface area (Å²) in [7, 11) is 0. The van der Waals surface area contributed by atoms with E-state index in [0.29, 0.717) is 0 Å². The van der Waals surface area contributed by atoms with E-state index in [1.165, 1.54) is 66.8 Å². The third kappa shape index (κ3) is 6.26. The molecule has 0 saturated heterocycles. The fourth-order valence-corrected chi connectivity index (χ4v) is 13.6. The van der Waals surface area contributed by atoms with E-state index >= 15 is 0 Å². The molecular formula is C74H47NO2. The van der Waals surface area contributed by atoms with Crippen molar-refractivity contribution in [2.45, 2.75) is 10.8 Å². The van der Waals surface area contributed by atoms with E-state index in [1.54, 1.807) is 0 Å². The molecule has 4 aliphatic rings. The van der Waals surface area contributed by atoms with Crippen molar-refractivity contribution < 1.29 is 9.47 Å². The Morgan fingerprint density at radius 2 is 0.545 bits per heavy atom. The molecule has 2 aliphatic carbocycles. The highest BCUT2D eigenvalue weighted by Crippen LogP contribution is 2.65. The summed E-state index contributed by atoms with van der Waals surface area (Å²) in [6.45, 7) is 0. The summed E-state index contributed by atoms with van der Waals surface area (Å²) in [6.07, 6.45) is 0. The van der Waals surface area contributed by atoms with Crippen molar-refractivity contribution in [2.24, 2.45) is 0 Å². The van der Waals surface area contributed by atoms with Crippen molar-refractivity contribution in [3.63, 3.8) is 0 Å². The molecule has 0 saturated carbocycles. The van der Waals surface area contributed by atoms with Crippen LogP contribution in [0.1, 0.15) is 44.5 Å². The van der Waals surface area contributed by atoms with Crippen LogP contribution >= 0.6 is 0 Å². The molecule has 3 heteroatoms. The number of nitrogens with zero attached hydrogens (tertiary/aromatic N) is 1. The van der Waals surface area contributed by atoms with Gasteiger partial charge in [-0.1, -0.05) is 206 Å². The second kappa shape index (κ2) is 16.8. The Hall–Kier alpha value is -9.96. The number of benzene rings is 12. The van der Waals surface area contributed by atoms with Gasteiger partial charge in [-0.25, -0.2) is 0 Å². The Morgan fingerprint density at radius 3 is 1.04 bits per heavy atom. The first-order valence-electron chi connectivity index (χ1n) is 26.6. The average molecular weight is 982 g/mol. The number of ether oxygens (including phenoxy) is 2. The van der Waals surface area contributed by atoms with E-state index in [9.17, 15) is 0 Å². The fraction of sp³-hybridized carbons (Fsp3) is 0.0270. The minimum Gasteiger partial charge on any atom is -0.457 e. The van der Waals surface area contributed by atoms with Crippen LogP contribution < -0.4 is 14.4 Å². The number of para-hydroxylation sites is 4. The summed E-state index contributed by atoms with van der Waals surface area (Å²) < 4.78 is 13.5. The Bertz CT molecular complexity index is 4200. The summed E-state index contributed by atoms with van der Waals surface area (Å²) in [4.78, 5) is 2.47. The number of anilines is 3. The summed E-state index contributed by atoms with van der Waals surface area (Å²) in [6, 6.07) is 104. The lowest BCUT2D eigenvalue weighted by atomic mass is 9.66. The minimum atomic E-state index is -0.629. The van der Waals surface area contributed by atoms with Gasteiger partial charge in [-0.05, 0) is 157 Å². The number of fused-ring (bicyclic) bond motifs is 18. The van der Waals surface area contributed by atoms with Crippen molar-refractivity contribution in [2.75, 3.05) is 4.90 Å². The molecule has 0 bridgehead atoms. The fourth-order valence-electron chi connectivity index (χ4n) is 13.6. The zero-order chi connectivity index (χ0) is 50.7. The standard InChI is InChI=1S/C74H47NO2/c1-3-19-48(20-4-1)51-43-52(49-21-5-2-6-22-49)45-53(44-51)50-35-37-54(38-36-50)75(55-40-42-63-60(46-55)58-24-8-10-26-62(58)73(63)64-27-11-15-31-69(64)76-70-32-16-12-28-65(70)73)56-39-41-59-57-23-7-9-25-61(57)74(68(59)47-56)66-29-13-17-33-71(66)77-72-34-18-14-30-67(72)74/h1-47H. The van der Waals surface area contributed by atoms with E-state index in [-0.39, 0.29) is 0 Å². The maximum atomic E-state index is 6.77. The maximum Gasteiger partial charge on any atom is 0.132 e. The van der Waals surface area contributed by atoms with Crippen LogP contribution in [-0.2, 0) is 10.8 Å². The first kappa shape index (κ1) is 43.4. The van der Waals surface area contributed by atoms with Gasteiger partial charge in [0, 0.05) is 39.3 Å². The van der Waals surface area contributed by atoms with Crippen molar-refractivity contribution in [1.29, 1.82) is 0 Å². The molecule has 16 rings (SSSR count). The van der Waals surface area contributed by atoms with Crippen LogP contribution in [0.2, 0.25) is 0 Å². The van der Waals surface area contributed by atoms with Crippen LogP contribution in [0.3, 0.4) is 0 Å². The van der Waals surface area contributed by atoms with Crippen molar-refractivity contribution in [1.82, 2.24) is 0 Å². The molecule has 0 amide bonds. The quantitative estimate of drug-likeness (QED) is 0.166. The van der Waals surface area contributed by atoms with Crippen LogP contribution in [0, 0.1) is 0 Å². The highest BCUT2D eigenvalue weighted by Gasteiger charge is 2.53. The normalized spacial score (nSPS) is 13.9. The zero-order valence-electron chi connectivity index (χ0n) is 41.9. The smallest absolute Gasteiger partial charge is 0.132 e. The van der Waals surface area contributed by atoms with Gasteiger partial charge in [-0.15, -0.1) is 0 Å². The third-order valence-electron chi connectivity index (χ3n) is 16.8. The van der Waals surface area contributed by atoms with Crippen LogP contribution in [0.5, 0.6) is 23.0 Å². The highest BCUT2D eigenvalue weighted by atomic mass is 16.5. The van der Waals surface area contributed by atoms with Crippen LogP contribution in [-0.4, -0.2) is 0 Å². The molecule has 360 valence electrons. The zero-order valence-corrected chi connectivity index (χ0v) is 41.9. The predicted molar refractivity (Wildman–Crippen MR) is 312 cm³/mol. The van der Waals surface area contributed by atoms with Gasteiger partial charge >= 0.3 is 0 Å². The minimum absolute atomic E-state index is 0.579. The Balaban J connectivity index is 0.923. The molecule has 2 aliphatic heterocycles. The molecule has 12 aromatic carbocycles. The molecule has 3 nitrogen and oxygen atoms in total. The average Bonchev–Trinajstić information content (AvgIpc) is 4.15. The number of hydrogen-bond donors (Lipinski definition) is 0. The van der Waals surface area contributed by atoms with Gasteiger partial charge in [0.2, 0.25) is 0 Å². The Morgan fingerprint density at radius 1 is 0.208 bits per heavy atom. The molecule has 2 heterocycles. The lowest BCUT2D eigenvalue weighted by Gasteiger charge is -2.40. The molecule has 0 unspecified atom stereocenters. The van der Waals surface area contributed by atoms with Gasteiger partial charge in [0.1, 0.15) is 23.0 Å². The lowest BCUT2D eigenvalue weighted by Crippen LogP contribution is -2.32. The first-order chi connectivity index (χ1) is 38.2. The molecule has 0 N–H and O–H groups in total. The second-order valence-electron chi connectivity index (χ2n) is 20.7. The van der Waals surface area contributed by atoms with E-state index in [4.69, 9.17) is 9.47 Å². The third-order valence-corrected chi connectivity index (χ3v) is 16.8. The van der Waals surface area contributed by atoms with E-state index < -0.39 is 10.8 Å². The molecular weight excluding hydrogens is 935 g/mol.